The Morgan fingerprint density at radius 1 is 1.33 bits per heavy atom. The Balaban J connectivity index is 2.06. The molecular formula is C16H20N4O3S. The van der Waals surface area contributed by atoms with Crippen molar-refractivity contribution in [3.05, 3.63) is 40.4 Å². The third kappa shape index (κ3) is 4.82. The average molecular weight is 348 g/mol. The van der Waals surface area contributed by atoms with Gasteiger partial charge in [0.25, 0.3) is 5.56 Å². The molecule has 1 heterocycles. The standard InChI is InChI=1S/C16H20N4O3S/c1-10(21)18-13(7-8-24-2)16(23)17-9-14-19-12-6-4-3-5-11(12)15(22)20-14/h3-6,13H,7-9H2,1-2H3,(H,17,23)(H,18,21)(H,19,20,22)/t13-/m0/s1. The van der Waals surface area contributed by atoms with Gasteiger partial charge in [-0.15, -0.1) is 0 Å². The number of carbonyl (C=O) groups is 2. The van der Waals surface area contributed by atoms with Crippen LogP contribution in [-0.2, 0) is 16.1 Å². The van der Waals surface area contributed by atoms with Crippen LogP contribution < -0.4 is 16.2 Å². The molecule has 0 unspecified atom stereocenters. The molecule has 24 heavy (non-hydrogen) atoms. The monoisotopic (exact) mass is 348 g/mol. The van der Waals surface area contributed by atoms with Crippen LogP contribution in [0.15, 0.2) is 29.1 Å². The zero-order valence-corrected chi connectivity index (χ0v) is 14.4. The molecule has 3 N–H and O–H groups in total. The van der Waals surface area contributed by atoms with Crippen molar-refractivity contribution in [1.29, 1.82) is 0 Å². The Labute approximate surface area is 143 Å². The van der Waals surface area contributed by atoms with E-state index in [0.29, 0.717) is 23.1 Å². The van der Waals surface area contributed by atoms with E-state index in [-0.39, 0.29) is 23.9 Å². The second-order valence-corrected chi connectivity index (χ2v) is 6.27. The average Bonchev–Trinajstić information content (AvgIpc) is 2.56. The number of rotatable bonds is 7. The third-order valence-electron chi connectivity index (χ3n) is 3.40. The number of nitrogens with one attached hydrogen (secondary N) is 3. The minimum Gasteiger partial charge on any atom is -0.347 e. The molecule has 0 aliphatic rings. The van der Waals surface area contributed by atoms with Gasteiger partial charge >= 0.3 is 0 Å². The second kappa shape index (κ2) is 8.49. The summed E-state index contributed by atoms with van der Waals surface area (Å²) >= 11 is 1.60. The predicted molar refractivity (Wildman–Crippen MR) is 94.8 cm³/mol. The van der Waals surface area contributed by atoms with E-state index in [4.69, 9.17) is 0 Å². The number of aromatic amines is 1. The van der Waals surface area contributed by atoms with Gasteiger partial charge in [0.15, 0.2) is 0 Å². The first-order chi connectivity index (χ1) is 11.5. The molecule has 0 fully saturated rings. The smallest absolute Gasteiger partial charge is 0.258 e. The number of benzene rings is 1. The number of hydrogen-bond acceptors (Lipinski definition) is 5. The SMILES string of the molecule is CSCC[C@H](NC(C)=O)C(=O)NCc1nc2ccccc2c(=O)[nH]1. The lowest BCUT2D eigenvalue weighted by molar-refractivity contribution is -0.128. The summed E-state index contributed by atoms with van der Waals surface area (Å²) in [4.78, 5) is 42.5. The lowest BCUT2D eigenvalue weighted by Gasteiger charge is -2.17. The number of aromatic nitrogens is 2. The summed E-state index contributed by atoms with van der Waals surface area (Å²) in [5.41, 5.74) is 0.330. The quantitative estimate of drug-likeness (QED) is 0.686. The van der Waals surface area contributed by atoms with Crippen LogP contribution in [0.5, 0.6) is 0 Å². The minimum absolute atomic E-state index is 0.0915. The van der Waals surface area contributed by atoms with Crippen molar-refractivity contribution in [2.75, 3.05) is 12.0 Å². The van der Waals surface area contributed by atoms with Crippen LogP contribution in [-0.4, -0.2) is 39.8 Å². The molecule has 0 spiro atoms. The summed E-state index contributed by atoms with van der Waals surface area (Å²) < 4.78 is 0. The summed E-state index contributed by atoms with van der Waals surface area (Å²) in [6.07, 6.45) is 2.47. The van der Waals surface area contributed by atoms with Gasteiger partial charge in [-0.2, -0.15) is 11.8 Å². The molecule has 2 amide bonds. The minimum atomic E-state index is -0.595. The first-order valence-corrected chi connectivity index (χ1v) is 8.92. The maximum Gasteiger partial charge on any atom is 0.258 e. The van der Waals surface area contributed by atoms with Gasteiger partial charge in [0.2, 0.25) is 11.8 Å². The highest BCUT2D eigenvalue weighted by Gasteiger charge is 2.18. The first-order valence-electron chi connectivity index (χ1n) is 7.53. The maximum absolute atomic E-state index is 12.3. The third-order valence-corrected chi connectivity index (χ3v) is 4.04. The van der Waals surface area contributed by atoms with Crippen molar-refractivity contribution >= 4 is 34.5 Å². The number of H-pyrrole nitrogens is 1. The summed E-state index contributed by atoms with van der Waals surface area (Å²) in [6, 6.07) is 6.41. The molecule has 128 valence electrons. The topological polar surface area (TPSA) is 104 Å². The van der Waals surface area contributed by atoms with Crippen LogP contribution in [0.4, 0.5) is 0 Å². The zero-order chi connectivity index (χ0) is 17.5. The molecule has 1 aromatic heterocycles. The van der Waals surface area contributed by atoms with Gasteiger partial charge in [0.1, 0.15) is 11.9 Å². The van der Waals surface area contributed by atoms with E-state index in [2.05, 4.69) is 20.6 Å². The maximum atomic E-state index is 12.3. The number of amides is 2. The fourth-order valence-electron chi connectivity index (χ4n) is 2.26. The van der Waals surface area contributed by atoms with E-state index in [1.807, 2.05) is 6.26 Å². The molecule has 7 nitrogen and oxygen atoms in total. The Hall–Kier alpha value is -2.35. The molecule has 0 bridgehead atoms. The summed E-state index contributed by atoms with van der Waals surface area (Å²) in [5, 5.41) is 5.85. The Morgan fingerprint density at radius 3 is 2.79 bits per heavy atom. The van der Waals surface area contributed by atoms with E-state index < -0.39 is 6.04 Å². The van der Waals surface area contributed by atoms with E-state index in [9.17, 15) is 14.4 Å². The van der Waals surface area contributed by atoms with Crippen LogP contribution in [0, 0.1) is 0 Å². The number of nitrogens with zero attached hydrogens (tertiary/aromatic N) is 1. The van der Waals surface area contributed by atoms with Gasteiger partial charge < -0.3 is 15.6 Å². The van der Waals surface area contributed by atoms with Crippen molar-refractivity contribution in [3.63, 3.8) is 0 Å². The van der Waals surface area contributed by atoms with Crippen LogP contribution in [0.25, 0.3) is 10.9 Å². The molecule has 0 saturated carbocycles. The van der Waals surface area contributed by atoms with Gasteiger partial charge in [0, 0.05) is 6.92 Å². The van der Waals surface area contributed by atoms with Crippen LogP contribution >= 0.6 is 11.8 Å². The van der Waals surface area contributed by atoms with Crippen molar-refractivity contribution in [2.45, 2.75) is 25.9 Å². The lowest BCUT2D eigenvalue weighted by Crippen LogP contribution is -2.46. The van der Waals surface area contributed by atoms with Crippen molar-refractivity contribution < 1.29 is 9.59 Å². The number of hydrogen-bond donors (Lipinski definition) is 3. The molecule has 2 aromatic rings. The van der Waals surface area contributed by atoms with Gasteiger partial charge in [-0.25, -0.2) is 4.98 Å². The molecule has 1 atom stereocenters. The molecule has 0 saturated heterocycles. The van der Waals surface area contributed by atoms with E-state index >= 15 is 0 Å². The largest absolute Gasteiger partial charge is 0.347 e. The van der Waals surface area contributed by atoms with Gasteiger partial charge in [-0.3, -0.25) is 14.4 Å². The number of fused-ring (bicyclic) bond motifs is 1. The fourth-order valence-corrected chi connectivity index (χ4v) is 2.73. The number of carbonyl (C=O) groups excluding carboxylic acids is 2. The van der Waals surface area contributed by atoms with Gasteiger partial charge in [0.05, 0.1) is 17.4 Å². The summed E-state index contributed by atoms with van der Waals surface area (Å²) in [5.74, 6) is 0.575. The molecule has 0 aliphatic carbocycles. The fraction of sp³-hybridized carbons (Fsp3) is 0.375. The first kappa shape index (κ1) is 18.0. The Morgan fingerprint density at radius 2 is 2.08 bits per heavy atom. The highest BCUT2D eigenvalue weighted by molar-refractivity contribution is 7.98. The molecule has 1 aromatic carbocycles. The van der Waals surface area contributed by atoms with E-state index in [0.717, 1.165) is 5.75 Å². The van der Waals surface area contributed by atoms with Crippen LogP contribution in [0.2, 0.25) is 0 Å². The van der Waals surface area contributed by atoms with Crippen molar-refractivity contribution in [3.8, 4) is 0 Å². The van der Waals surface area contributed by atoms with E-state index in [1.54, 1.807) is 36.0 Å². The highest BCUT2D eigenvalue weighted by Crippen LogP contribution is 2.06. The van der Waals surface area contributed by atoms with Crippen LogP contribution in [0.1, 0.15) is 19.2 Å². The molecule has 2 rings (SSSR count). The Kier molecular flexibility index (Phi) is 6.36. The zero-order valence-electron chi connectivity index (χ0n) is 13.6. The van der Waals surface area contributed by atoms with Crippen molar-refractivity contribution in [2.24, 2.45) is 0 Å². The second-order valence-electron chi connectivity index (χ2n) is 5.28. The van der Waals surface area contributed by atoms with E-state index in [1.165, 1.54) is 6.92 Å². The predicted octanol–water partition coefficient (Wildman–Crippen LogP) is 0.797. The van der Waals surface area contributed by atoms with Crippen LogP contribution in [0.3, 0.4) is 0 Å². The Bertz CT molecular complexity index is 790. The molecule has 0 aliphatic heterocycles. The summed E-state index contributed by atoms with van der Waals surface area (Å²) in [7, 11) is 0. The molecule has 8 heteroatoms. The highest BCUT2D eigenvalue weighted by atomic mass is 32.2. The molecular weight excluding hydrogens is 328 g/mol. The van der Waals surface area contributed by atoms with Crippen molar-refractivity contribution in [1.82, 2.24) is 20.6 Å². The van der Waals surface area contributed by atoms with Gasteiger partial charge in [-0.05, 0) is 30.6 Å². The van der Waals surface area contributed by atoms with Gasteiger partial charge in [-0.1, -0.05) is 12.1 Å². The molecule has 0 radical (unpaired) electrons. The number of thioether (sulfide) groups is 1. The summed E-state index contributed by atoms with van der Waals surface area (Å²) in [6.45, 7) is 1.47. The number of para-hydroxylation sites is 1. The normalized spacial score (nSPS) is 11.9. The lowest BCUT2D eigenvalue weighted by atomic mass is 10.2.